The molecule has 0 aromatic carbocycles. The second kappa shape index (κ2) is 4.90. The summed E-state index contributed by atoms with van der Waals surface area (Å²) in [6.45, 7) is 1.92. The number of hydrogen-bond acceptors (Lipinski definition) is 2. The second-order valence-electron chi connectivity index (χ2n) is 5.07. The molecule has 0 aromatic rings. The van der Waals surface area contributed by atoms with Crippen LogP contribution in [0.25, 0.3) is 0 Å². The first-order chi connectivity index (χ1) is 8.11. The van der Waals surface area contributed by atoms with Crippen LogP contribution in [0.3, 0.4) is 0 Å². The lowest BCUT2D eigenvalue weighted by Crippen LogP contribution is -2.44. The van der Waals surface area contributed by atoms with E-state index in [0.717, 1.165) is 19.3 Å². The van der Waals surface area contributed by atoms with Crippen molar-refractivity contribution in [3.63, 3.8) is 0 Å². The summed E-state index contributed by atoms with van der Waals surface area (Å²) < 4.78 is 0. The molecule has 0 aromatic heterocycles. The summed E-state index contributed by atoms with van der Waals surface area (Å²) in [5, 5.41) is 11.7. The van der Waals surface area contributed by atoms with Crippen LogP contribution in [0, 0.1) is 17.8 Å². The Bertz CT molecular complexity index is 351. The SMILES string of the molecule is CCC[C@H](NC(=O)C1CC2C=CC1C2)C(=O)O. The first-order valence-corrected chi connectivity index (χ1v) is 6.33. The van der Waals surface area contributed by atoms with E-state index in [-0.39, 0.29) is 11.8 Å². The van der Waals surface area contributed by atoms with Crippen LogP contribution in [-0.4, -0.2) is 23.0 Å². The van der Waals surface area contributed by atoms with Gasteiger partial charge in [0.1, 0.15) is 6.04 Å². The minimum atomic E-state index is -0.932. The van der Waals surface area contributed by atoms with Crippen LogP contribution in [0.2, 0.25) is 0 Å². The number of carboxylic acid groups (broad SMARTS) is 1. The molecular formula is C13H19NO3. The molecule has 2 aliphatic rings. The monoisotopic (exact) mass is 237 g/mol. The number of carboxylic acids is 1. The molecule has 3 unspecified atom stereocenters. The molecule has 17 heavy (non-hydrogen) atoms. The Morgan fingerprint density at radius 1 is 1.41 bits per heavy atom. The molecule has 1 saturated carbocycles. The molecule has 0 aliphatic heterocycles. The van der Waals surface area contributed by atoms with Crippen molar-refractivity contribution in [3.05, 3.63) is 12.2 Å². The van der Waals surface area contributed by atoms with E-state index < -0.39 is 12.0 Å². The van der Waals surface area contributed by atoms with Gasteiger partial charge in [-0.05, 0) is 31.1 Å². The fourth-order valence-corrected chi connectivity index (χ4v) is 2.91. The molecule has 94 valence electrons. The van der Waals surface area contributed by atoms with Gasteiger partial charge in [-0.15, -0.1) is 0 Å². The summed E-state index contributed by atoms with van der Waals surface area (Å²) in [5.74, 6) is -0.161. The summed E-state index contributed by atoms with van der Waals surface area (Å²) in [7, 11) is 0. The lowest BCUT2D eigenvalue weighted by Gasteiger charge is -2.20. The van der Waals surface area contributed by atoms with Crippen LogP contribution in [-0.2, 0) is 9.59 Å². The maximum absolute atomic E-state index is 12.0. The summed E-state index contributed by atoms with van der Waals surface area (Å²) in [4.78, 5) is 23.0. The molecule has 0 spiro atoms. The number of carbonyl (C=O) groups excluding carboxylic acids is 1. The van der Waals surface area contributed by atoms with Gasteiger partial charge in [0.05, 0.1) is 0 Å². The van der Waals surface area contributed by atoms with Gasteiger partial charge in [0.15, 0.2) is 0 Å². The summed E-state index contributed by atoms with van der Waals surface area (Å²) in [6, 6.07) is -0.726. The Balaban J connectivity index is 1.92. The van der Waals surface area contributed by atoms with Gasteiger partial charge >= 0.3 is 5.97 Å². The number of allylic oxidation sites excluding steroid dienone is 2. The highest BCUT2D eigenvalue weighted by atomic mass is 16.4. The molecule has 2 aliphatic carbocycles. The van der Waals surface area contributed by atoms with Crippen molar-refractivity contribution in [2.75, 3.05) is 0 Å². The van der Waals surface area contributed by atoms with Crippen molar-refractivity contribution in [1.29, 1.82) is 0 Å². The highest BCUT2D eigenvalue weighted by molar-refractivity contribution is 5.85. The topological polar surface area (TPSA) is 66.4 Å². The van der Waals surface area contributed by atoms with Gasteiger partial charge in [-0.25, -0.2) is 4.79 Å². The average Bonchev–Trinajstić information content (AvgIpc) is 2.89. The molecule has 0 radical (unpaired) electrons. The molecule has 4 heteroatoms. The Morgan fingerprint density at radius 3 is 2.65 bits per heavy atom. The zero-order valence-electron chi connectivity index (χ0n) is 10.1. The van der Waals surface area contributed by atoms with Gasteiger partial charge in [0, 0.05) is 5.92 Å². The zero-order chi connectivity index (χ0) is 12.4. The highest BCUT2D eigenvalue weighted by Gasteiger charge is 2.40. The third-order valence-electron chi connectivity index (χ3n) is 3.81. The van der Waals surface area contributed by atoms with Crippen LogP contribution >= 0.6 is 0 Å². The Kier molecular flexibility index (Phi) is 3.50. The third kappa shape index (κ3) is 2.51. The molecule has 2 rings (SSSR count). The zero-order valence-corrected chi connectivity index (χ0v) is 10.1. The van der Waals surface area contributed by atoms with Crippen LogP contribution < -0.4 is 5.32 Å². The molecular weight excluding hydrogens is 218 g/mol. The smallest absolute Gasteiger partial charge is 0.326 e. The fourth-order valence-electron chi connectivity index (χ4n) is 2.91. The molecule has 2 bridgehead atoms. The molecule has 0 saturated heterocycles. The van der Waals surface area contributed by atoms with Crippen molar-refractivity contribution in [2.45, 2.75) is 38.6 Å². The predicted molar refractivity (Wildman–Crippen MR) is 63.3 cm³/mol. The second-order valence-corrected chi connectivity index (χ2v) is 5.07. The summed E-state index contributed by atoms with van der Waals surface area (Å²) in [6.07, 6.45) is 7.48. The van der Waals surface area contributed by atoms with E-state index in [1.54, 1.807) is 0 Å². The van der Waals surface area contributed by atoms with Crippen molar-refractivity contribution >= 4 is 11.9 Å². The Morgan fingerprint density at radius 2 is 2.18 bits per heavy atom. The van der Waals surface area contributed by atoms with Gasteiger partial charge in [-0.1, -0.05) is 25.5 Å². The number of fused-ring (bicyclic) bond motifs is 2. The van der Waals surface area contributed by atoms with E-state index in [9.17, 15) is 9.59 Å². The van der Waals surface area contributed by atoms with Crippen molar-refractivity contribution in [2.24, 2.45) is 17.8 Å². The maximum atomic E-state index is 12.0. The van der Waals surface area contributed by atoms with Crippen molar-refractivity contribution in [3.8, 4) is 0 Å². The fraction of sp³-hybridized carbons (Fsp3) is 0.692. The minimum absolute atomic E-state index is 0.0105. The van der Waals surface area contributed by atoms with E-state index in [1.807, 2.05) is 6.92 Å². The lowest BCUT2D eigenvalue weighted by molar-refractivity contribution is -0.142. The summed E-state index contributed by atoms with van der Waals surface area (Å²) >= 11 is 0. The molecule has 1 amide bonds. The Hall–Kier alpha value is -1.32. The number of hydrogen-bond donors (Lipinski definition) is 2. The molecule has 4 nitrogen and oxygen atoms in total. The first kappa shape index (κ1) is 12.1. The highest BCUT2D eigenvalue weighted by Crippen LogP contribution is 2.43. The number of aliphatic carboxylic acids is 1. The third-order valence-corrected chi connectivity index (χ3v) is 3.81. The van der Waals surface area contributed by atoms with Crippen LogP contribution in [0.1, 0.15) is 32.6 Å². The van der Waals surface area contributed by atoms with Crippen molar-refractivity contribution in [1.82, 2.24) is 5.32 Å². The maximum Gasteiger partial charge on any atom is 0.326 e. The van der Waals surface area contributed by atoms with Crippen LogP contribution in [0.15, 0.2) is 12.2 Å². The van der Waals surface area contributed by atoms with Crippen LogP contribution in [0.4, 0.5) is 0 Å². The number of carbonyl (C=O) groups is 2. The van der Waals surface area contributed by atoms with E-state index in [0.29, 0.717) is 18.3 Å². The van der Waals surface area contributed by atoms with E-state index in [4.69, 9.17) is 5.11 Å². The largest absolute Gasteiger partial charge is 0.480 e. The molecule has 2 N–H and O–H groups in total. The van der Waals surface area contributed by atoms with E-state index in [2.05, 4.69) is 17.5 Å². The van der Waals surface area contributed by atoms with Crippen molar-refractivity contribution < 1.29 is 14.7 Å². The van der Waals surface area contributed by atoms with Gasteiger partial charge in [0.2, 0.25) is 5.91 Å². The minimum Gasteiger partial charge on any atom is -0.480 e. The normalized spacial score (nSPS) is 31.5. The standard InChI is InChI=1S/C13H19NO3/c1-2-3-11(13(16)17)14-12(15)10-7-8-4-5-9(10)6-8/h4-5,8-11H,2-3,6-7H2,1H3,(H,14,15)(H,16,17)/t8?,9?,10?,11-/m0/s1. The quantitative estimate of drug-likeness (QED) is 0.713. The number of amides is 1. The molecule has 1 fully saturated rings. The number of nitrogens with one attached hydrogen (secondary N) is 1. The van der Waals surface area contributed by atoms with Gasteiger partial charge in [-0.2, -0.15) is 0 Å². The summed E-state index contributed by atoms with van der Waals surface area (Å²) in [5.41, 5.74) is 0. The first-order valence-electron chi connectivity index (χ1n) is 6.33. The molecule has 0 heterocycles. The number of rotatable bonds is 5. The average molecular weight is 237 g/mol. The van der Waals surface area contributed by atoms with Gasteiger partial charge < -0.3 is 10.4 Å². The molecule has 4 atom stereocenters. The lowest BCUT2D eigenvalue weighted by atomic mass is 9.92. The van der Waals surface area contributed by atoms with E-state index >= 15 is 0 Å². The van der Waals surface area contributed by atoms with E-state index in [1.165, 1.54) is 0 Å². The van der Waals surface area contributed by atoms with Gasteiger partial charge in [-0.3, -0.25) is 4.79 Å². The van der Waals surface area contributed by atoms with Gasteiger partial charge in [0.25, 0.3) is 0 Å². The van der Waals surface area contributed by atoms with Crippen LogP contribution in [0.5, 0.6) is 0 Å². The Labute approximate surface area is 101 Å². The predicted octanol–water partition coefficient (Wildman–Crippen LogP) is 1.57.